The van der Waals surface area contributed by atoms with Gasteiger partial charge < -0.3 is 5.32 Å². The highest BCUT2D eigenvalue weighted by Crippen LogP contribution is 2.18. The Balaban J connectivity index is 2.90. The first-order valence-corrected chi connectivity index (χ1v) is 7.47. The molecule has 1 rings (SSSR count). The van der Waals surface area contributed by atoms with Gasteiger partial charge in [-0.3, -0.25) is 4.79 Å². The minimum Gasteiger partial charge on any atom is -0.346 e. The summed E-state index contributed by atoms with van der Waals surface area (Å²) in [6.45, 7) is 6.07. The maximum Gasteiger partial charge on any atom is 0.251 e. The zero-order valence-corrected chi connectivity index (χ0v) is 13.5. The van der Waals surface area contributed by atoms with Crippen LogP contribution in [0.5, 0.6) is 0 Å². The van der Waals surface area contributed by atoms with Crippen LogP contribution in [0.3, 0.4) is 0 Å². The Bertz CT molecular complexity index is 394. The predicted molar refractivity (Wildman–Crippen MR) is 78.8 cm³/mol. The van der Waals surface area contributed by atoms with Crippen LogP contribution in [-0.2, 0) is 0 Å². The van der Waals surface area contributed by atoms with Crippen LogP contribution in [0.4, 0.5) is 0 Å². The van der Waals surface area contributed by atoms with Crippen LogP contribution in [0, 0.1) is 6.92 Å². The molecule has 1 amide bonds. The number of halogens is 2. The molecule has 0 saturated carbocycles. The first-order valence-electron chi connectivity index (χ1n) is 5.56. The maximum absolute atomic E-state index is 12.1. The topological polar surface area (TPSA) is 29.1 Å². The number of benzene rings is 1. The van der Waals surface area contributed by atoms with Gasteiger partial charge in [0.15, 0.2) is 0 Å². The molecule has 0 fully saturated rings. The van der Waals surface area contributed by atoms with Crippen LogP contribution in [0.25, 0.3) is 0 Å². The minimum atomic E-state index is -0.201. The van der Waals surface area contributed by atoms with E-state index in [0.29, 0.717) is 5.56 Å². The first-order chi connectivity index (χ1) is 7.90. The monoisotopic (exact) mass is 361 g/mol. The molecular formula is C13H17Br2NO. The number of hydrogen-bond acceptors (Lipinski definition) is 1. The third kappa shape index (κ3) is 4.11. The molecule has 0 spiro atoms. The largest absolute Gasteiger partial charge is 0.346 e. The van der Waals surface area contributed by atoms with Crippen LogP contribution >= 0.6 is 31.9 Å². The van der Waals surface area contributed by atoms with E-state index in [2.05, 4.69) is 44.1 Å². The summed E-state index contributed by atoms with van der Waals surface area (Å²) in [6.07, 6.45) is 0.886. The molecule has 0 bridgehead atoms. The summed E-state index contributed by atoms with van der Waals surface area (Å²) < 4.78 is 0.930. The predicted octanol–water partition coefficient (Wildman–Crippen LogP) is 4.05. The van der Waals surface area contributed by atoms with Gasteiger partial charge in [0.25, 0.3) is 5.91 Å². The van der Waals surface area contributed by atoms with Gasteiger partial charge in [-0.25, -0.2) is 0 Å². The smallest absolute Gasteiger partial charge is 0.251 e. The Labute approximate surface area is 119 Å². The number of nitrogens with one attached hydrogen (secondary N) is 1. The maximum atomic E-state index is 12.1. The first kappa shape index (κ1) is 14.7. The Morgan fingerprint density at radius 1 is 1.41 bits per heavy atom. The van der Waals surface area contributed by atoms with E-state index < -0.39 is 0 Å². The molecule has 1 aromatic carbocycles. The highest BCUT2D eigenvalue weighted by atomic mass is 79.9. The zero-order chi connectivity index (χ0) is 13.1. The molecule has 4 heteroatoms. The van der Waals surface area contributed by atoms with Crippen molar-refractivity contribution in [1.82, 2.24) is 5.32 Å². The van der Waals surface area contributed by atoms with Crippen molar-refractivity contribution >= 4 is 37.8 Å². The third-order valence-corrected chi connectivity index (χ3v) is 4.49. The molecule has 17 heavy (non-hydrogen) atoms. The van der Waals surface area contributed by atoms with Gasteiger partial charge in [0.2, 0.25) is 0 Å². The molecule has 1 N–H and O–H groups in total. The van der Waals surface area contributed by atoms with Gasteiger partial charge in [-0.05, 0) is 44.0 Å². The number of rotatable bonds is 4. The molecular weight excluding hydrogens is 346 g/mol. The molecule has 0 aromatic heterocycles. The number of carbonyl (C=O) groups is 1. The summed E-state index contributed by atoms with van der Waals surface area (Å²) in [5, 5.41) is 3.80. The Kier molecular flexibility index (Phi) is 5.20. The average Bonchev–Trinajstić information content (AvgIpc) is 2.27. The molecule has 1 aromatic rings. The van der Waals surface area contributed by atoms with Crippen molar-refractivity contribution < 1.29 is 4.79 Å². The van der Waals surface area contributed by atoms with Gasteiger partial charge >= 0.3 is 0 Å². The van der Waals surface area contributed by atoms with E-state index in [4.69, 9.17) is 0 Å². The summed E-state index contributed by atoms with van der Waals surface area (Å²) in [7, 11) is 0. The second kappa shape index (κ2) is 6.01. The quantitative estimate of drug-likeness (QED) is 0.804. The van der Waals surface area contributed by atoms with Crippen LogP contribution < -0.4 is 5.32 Å². The molecule has 0 saturated heterocycles. The van der Waals surface area contributed by atoms with Gasteiger partial charge in [0.05, 0.1) is 0 Å². The van der Waals surface area contributed by atoms with Crippen LogP contribution in [0.15, 0.2) is 22.7 Å². The lowest BCUT2D eigenvalue weighted by molar-refractivity contribution is 0.0913. The molecule has 2 nitrogen and oxygen atoms in total. The summed E-state index contributed by atoms with van der Waals surface area (Å²) in [4.78, 5) is 12.1. The summed E-state index contributed by atoms with van der Waals surface area (Å²) in [6, 6.07) is 5.72. The van der Waals surface area contributed by atoms with Gasteiger partial charge in [-0.1, -0.05) is 38.8 Å². The van der Waals surface area contributed by atoms with Gasteiger partial charge in [0.1, 0.15) is 0 Å². The van der Waals surface area contributed by atoms with E-state index in [1.165, 1.54) is 0 Å². The van der Waals surface area contributed by atoms with Crippen LogP contribution in [-0.4, -0.2) is 16.8 Å². The lowest BCUT2D eigenvalue weighted by Gasteiger charge is -2.27. The van der Waals surface area contributed by atoms with Crippen LogP contribution in [0.1, 0.15) is 36.2 Å². The normalized spacial score (nSPS) is 14.2. The number of carbonyl (C=O) groups excluding carboxylic acids is 1. The summed E-state index contributed by atoms with van der Waals surface area (Å²) >= 11 is 6.84. The van der Waals surface area contributed by atoms with E-state index in [1.807, 2.05) is 32.0 Å². The summed E-state index contributed by atoms with van der Waals surface area (Å²) in [5.74, 6) is -0.0294. The second-order valence-corrected chi connectivity index (χ2v) is 6.00. The fourth-order valence-corrected chi connectivity index (χ4v) is 2.57. The van der Waals surface area contributed by atoms with Gasteiger partial charge in [-0.2, -0.15) is 0 Å². The Morgan fingerprint density at radius 2 is 2.06 bits per heavy atom. The minimum absolute atomic E-state index is 0.0294. The van der Waals surface area contributed by atoms with Gasteiger partial charge in [-0.15, -0.1) is 0 Å². The SMILES string of the molecule is CCC(C)(CBr)NC(=O)c1cc(C)cc(Br)c1. The van der Waals surface area contributed by atoms with Crippen molar-refractivity contribution in [1.29, 1.82) is 0 Å². The highest BCUT2D eigenvalue weighted by Gasteiger charge is 2.23. The molecule has 1 atom stereocenters. The lowest BCUT2D eigenvalue weighted by Crippen LogP contribution is -2.46. The second-order valence-electron chi connectivity index (χ2n) is 4.52. The van der Waals surface area contributed by atoms with Crippen molar-refractivity contribution in [2.75, 3.05) is 5.33 Å². The molecule has 94 valence electrons. The van der Waals surface area contributed by atoms with E-state index in [9.17, 15) is 4.79 Å². The van der Waals surface area contributed by atoms with Crippen molar-refractivity contribution in [2.24, 2.45) is 0 Å². The van der Waals surface area contributed by atoms with E-state index in [1.54, 1.807) is 0 Å². The molecule has 0 aliphatic rings. The third-order valence-electron chi connectivity index (χ3n) is 2.79. The van der Waals surface area contributed by atoms with Crippen molar-refractivity contribution in [3.63, 3.8) is 0 Å². The lowest BCUT2D eigenvalue weighted by atomic mass is 10.0. The molecule has 0 aliphatic carbocycles. The van der Waals surface area contributed by atoms with Crippen molar-refractivity contribution in [3.05, 3.63) is 33.8 Å². The number of alkyl halides is 1. The number of amides is 1. The number of aryl methyl sites for hydroxylation is 1. The Morgan fingerprint density at radius 3 is 2.53 bits per heavy atom. The summed E-state index contributed by atoms with van der Waals surface area (Å²) in [5.41, 5.74) is 1.56. The zero-order valence-electron chi connectivity index (χ0n) is 10.3. The average molecular weight is 363 g/mol. The fourth-order valence-electron chi connectivity index (χ4n) is 1.43. The van der Waals surface area contributed by atoms with Crippen molar-refractivity contribution in [3.8, 4) is 0 Å². The molecule has 0 aliphatic heterocycles. The number of hydrogen-bond donors (Lipinski definition) is 1. The van der Waals surface area contributed by atoms with E-state index >= 15 is 0 Å². The van der Waals surface area contributed by atoms with E-state index in [-0.39, 0.29) is 11.4 Å². The molecule has 0 heterocycles. The van der Waals surface area contributed by atoms with E-state index in [0.717, 1.165) is 21.8 Å². The molecule has 1 unspecified atom stereocenters. The van der Waals surface area contributed by atoms with Gasteiger partial charge in [0, 0.05) is 20.9 Å². The fraction of sp³-hybridized carbons (Fsp3) is 0.462. The van der Waals surface area contributed by atoms with Crippen LogP contribution in [0.2, 0.25) is 0 Å². The van der Waals surface area contributed by atoms with Crippen molar-refractivity contribution in [2.45, 2.75) is 32.7 Å². The molecule has 0 radical (unpaired) electrons. The highest BCUT2D eigenvalue weighted by molar-refractivity contribution is 9.10. The Hall–Kier alpha value is -0.350. The standard InChI is InChI=1S/C13H17Br2NO/c1-4-13(3,8-14)16-12(17)10-5-9(2)6-11(15)7-10/h5-7H,4,8H2,1-3H3,(H,16,17).